The van der Waals surface area contributed by atoms with Gasteiger partial charge in [-0.3, -0.25) is 49.3 Å². The van der Waals surface area contributed by atoms with Crippen molar-refractivity contribution in [3.8, 4) is 0 Å². The number of nitro groups is 1. The maximum absolute atomic E-state index is 14.8. The zero-order valence-corrected chi connectivity index (χ0v) is 67.2. The highest BCUT2D eigenvalue weighted by molar-refractivity contribution is 8.14. The Morgan fingerprint density at radius 3 is 0.954 bits per heavy atom. The summed E-state index contributed by atoms with van der Waals surface area (Å²) in [5.74, 6) is -1.59. The number of hydrogen-bond acceptors (Lipinski definition) is 20. The minimum absolute atomic E-state index is 0.0411. The molecule has 109 heavy (non-hydrogen) atoms. The van der Waals surface area contributed by atoms with Crippen LogP contribution in [0.1, 0.15) is 208 Å². The summed E-state index contributed by atoms with van der Waals surface area (Å²) in [5.41, 5.74) is 7.88. The molecule has 0 unspecified atom stereocenters. The number of hydrogen-bond donors (Lipinski definition) is 2. The van der Waals surface area contributed by atoms with E-state index in [9.17, 15) is 64.4 Å². The molecule has 0 spiro atoms. The summed E-state index contributed by atoms with van der Waals surface area (Å²) in [5, 5.41) is 13.6. The Bertz CT molecular complexity index is 4000. The average Bonchev–Trinajstić information content (AvgIpc) is 0.809. The number of fused-ring (bicyclic) bond motifs is 4. The van der Waals surface area contributed by atoms with Crippen LogP contribution in [-0.2, 0) is 60.3 Å². The summed E-state index contributed by atoms with van der Waals surface area (Å²) in [6.07, 6.45) is 0.324. The Labute approximate surface area is 650 Å². The lowest BCUT2D eigenvalue weighted by molar-refractivity contribution is -0.385. The van der Waals surface area contributed by atoms with Gasteiger partial charge in [-0.2, -0.15) is 0 Å². The van der Waals surface area contributed by atoms with Crippen LogP contribution in [0, 0.1) is 57.1 Å². The average molecular weight is 1600 g/mol. The van der Waals surface area contributed by atoms with E-state index in [1.165, 1.54) is 83.4 Å². The highest BCUT2D eigenvalue weighted by Gasteiger charge is 2.54. The predicted octanol–water partition coefficient (Wildman–Crippen LogP) is 19.2. The Hall–Kier alpha value is -6.72. The SMILES string of the molecule is CC(C)(C)OC(=O)CC1=N[C@@]2(c3cc(N)ccc3F)CC[C@@H](F)C[C@H]2CS1.CC(C)(C)OC(=O)CC1=N[C@@]2(c3cc(N)ccc3F)CC[C@@H](F)C[C@H]2CS1.CC(C)(C)OC(=O)CC1=N[C@@]2(c3cc([N+](=O)[O-])ccc3F)CC[C@@H](F)C[C@H]2CS1.CC(C)(C)OC(=O)CC1=N[C@@]2(c3ccccc3F)CC[C@@H](F)C[C@H]2CS1. The number of anilines is 2. The maximum atomic E-state index is 14.8. The van der Waals surface area contributed by atoms with E-state index in [2.05, 4.69) is 0 Å². The molecular formula is C80H101F8N7O10S4. The number of carbonyl (C=O) groups is 4. The van der Waals surface area contributed by atoms with Crippen LogP contribution in [0.2, 0.25) is 0 Å². The van der Waals surface area contributed by atoms with E-state index in [-0.39, 0.29) is 104 Å². The largest absolute Gasteiger partial charge is 0.460 e. The standard InChI is InChI=1S/C20H24F2N2O4S.2C20H26F2N2O2S.C20H25F2NO2S/c1-19(2,3)28-18(25)10-17-23-20(7-6-13(21)8-12(20)11-29-17)15-9-14(24(26)27)4-5-16(15)22;2*1-19(2,3)26-18(25)10-17-24-20(15-9-14(23)4-5-16(15)22)7-6-13(21)8-12(20)11-27-17;1-19(2,3)25-18(24)11-17-23-20(15-6-4-5-7-16(15)22)9-8-14(21)10-13(20)12-26-17/h4-5,9,12-13H,6-8,10-11H2,1-3H3;2*4-5,9,12-13H,6-8,10-11,23H2,1-3H3;4-7,13-14H,8-12H2,1-3H3/t3*12-,13+,20-;13-,14+,20-/m0000/s1. The normalized spacial score (nSPS) is 28.1. The van der Waals surface area contributed by atoms with Crippen molar-refractivity contribution in [1.29, 1.82) is 0 Å². The molecule has 596 valence electrons. The van der Waals surface area contributed by atoms with Gasteiger partial charge in [0.25, 0.3) is 5.69 Å². The van der Waals surface area contributed by atoms with Crippen LogP contribution in [0.25, 0.3) is 0 Å². The molecule has 0 saturated heterocycles. The molecule has 4 aromatic carbocycles. The first kappa shape index (κ1) is 86.3. The second-order valence-corrected chi connectivity index (χ2v) is 37.5. The van der Waals surface area contributed by atoms with E-state index in [4.69, 9.17) is 50.4 Å². The zero-order chi connectivity index (χ0) is 80.0. The first-order chi connectivity index (χ1) is 50.9. The van der Waals surface area contributed by atoms with Crippen LogP contribution in [-0.4, -0.2) is 119 Å². The molecular weight excluding hydrogens is 1500 g/mol. The number of non-ortho nitro benzene ring substituents is 1. The van der Waals surface area contributed by atoms with Crippen molar-refractivity contribution in [2.75, 3.05) is 34.5 Å². The van der Waals surface area contributed by atoms with Gasteiger partial charge >= 0.3 is 23.9 Å². The highest BCUT2D eigenvalue weighted by Crippen LogP contribution is 2.56. The molecule has 0 amide bonds. The van der Waals surface area contributed by atoms with Gasteiger partial charge in [-0.15, -0.1) is 47.0 Å². The molecule has 0 radical (unpaired) electrons. The van der Waals surface area contributed by atoms with Gasteiger partial charge in [0.05, 0.1) is 72.9 Å². The van der Waals surface area contributed by atoms with Crippen molar-refractivity contribution < 1.29 is 78.2 Å². The molecule has 4 heterocycles. The van der Waals surface area contributed by atoms with Crippen molar-refractivity contribution in [2.24, 2.45) is 43.6 Å². The van der Waals surface area contributed by atoms with Crippen molar-refractivity contribution in [1.82, 2.24) is 0 Å². The smallest absolute Gasteiger partial charge is 0.312 e. The van der Waals surface area contributed by atoms with Crippen molar-refractivity contribution in [3.63, 3.8) is 0 Å². The third-order valence-electron chi connectivity index (χ3n) is 20.1. The third kappa shape index (κ3) is 22.4. The number of esters is 4. The molecule has 0 bridgehead atoms. The fraction of sp³-hybridized carbons (Fsp3) is 0.600. The van der Waals surface area contributed by atoms with Crippen LogP contribution in [0.4, 0.5) is 52.2 Å². The Morgan fingerprint density at radius 2 is 0.679 bits per heavy atom. The van der Waals surface area contributed by atoms with Crippen LogP contribution in [0.15, 0.2) is 98.8 Å². The third-order valence-corrected chi connectivity index (χ3v) is 24.6. The van der Waals surface area contributed by atoms with E-state index in [1.807, 2.05) is 62.3 Å². The molecule has 4 aliphatic carbocycles. The van der Waals surface area contributed by atoms with E-state index in [0.29, 0.717) is 129 Å². The number of thioether (sulfide) groups is 4. The quantitative estimate of drug-likeness (QED) is 0.0315. The first-order valence-electron chi connectivity index (χ1n) is 37.0. The fourth-order valence-corrected chi connectivity index (χ4v) is 20.6. The number of nitrogen functional groups attached to an aromatic ring is 2. The van der Waals surface area contributed by atoms with Crippen LogP contribution in [0.5, 0.6) is 0 Å². The van der Waals surface area contributed by atoms with Gasteiger partial charge in [-0.1, -0.05) is 18.2 Å². The van der Waals surface area contributed by atoms with E-state index in [0.717, 1.165) is 12.1 Å². The lowest BCUT2D eigenvalue weighted by Gasteiger charge is -2.45. The Balaban J connectivity index is 0.000000168. The number of carbonyl (C=O) groups excluding carboxylic acids is 4. The lowest BCUT2D eigenvalue weighted by atomic mass is 9.69. The minimum atomic E-state index is -1.11. The summed E-state index contributed by atoms with van der Waals surface area (Å²) in [6, 6.07) is 18.9. The maximum Gasteiger partial charge on any atom is 0.312 e. The topological polar surface area (TPSA) is 250 Å². The number of ether oxygens (including phenoxy) is 4. The van der Waals surface area contributed by atoms with Gasteiger partial charge in [0.15, 0.2) is 0 Å². The molecule has 8 aliphatic rings. The molecule has 4 saturated carbocycles. The van der Waals surface area contributed by atoms with Crippen molar-refractivity contribution in [2.45, 2.75) is 255 Å². The number of nitrogens with two attached hydrogens (primary N) is 2. The second kappa shape index (κ2) is 35.1. The zero-order valence-electron chi connectivity index (χ0n) is 63.9. The fourth-order valence-electron chi connectivity index (χ4n) is 15.6. The number of aliphatic imine (C=N–C) groups is 4. The number of rotatable bonds is 13. The summed E-state index contributed by atoms with van der Waals surface area (Å²) in [7, 11) is 0. The predicted molar refractivity (Wildman–Crippen MR) is 418 cm³/mol. The summed E-state index contributed by atoms with van der Waals surface area (Å²) >= 11 is 5.68. The number of benzene rings is 4. The lowest BCUT2D eigenvalue weighted by Crippen LogP contribution is -2.45. The molecule has 4 N–H and O–H groups in total. The van der Waals surface area contributed by atoms with Crippen LogP contribution >= 0.6 is 47.0 Å². The van der Waals surface area contributed by atoms with Crippen molar-refractivity contribution in [3.05, 3.63) is 134 Å². The highest BCUT2D eigenvalue weighted by atomic mass is 32.2. The minimum Gasteiger partial charge on any atom is -0.460 e. The molecule has 12 rings (SSSR count). The van der Waals surface area contributed by atoms with Gasteiger partial charge in [-0.25, -0.2) is 35.1 Å². The van der Waals surface area contributed by atoms with E-state index >= 15 is 0 Å². The summed E-state index contributed by atoms with van der Waals surface area (Å²) in [4.78, 5) is 78.8. The van der Waals surface area contributed by atoms with Crippen LogP contribution < -0.4 is 11.5 Å². The summed E-state index contributed by atoms with van der Waals surface area (Å²) in [6.45, 7) is 21.6. The molecule has 12 atom stereocenters. The molecule has 4 aliphatic heterocycles. The van der Waals surface area contributed by atoms with E-state index < -0.39 is 97.6 Å². The molecule has 4 fully saturated rings. The van der Waals surface area contributed by atoms with Gasteiger partial charge in [0.2, 0.25) is 0 Å². The van der Waals surface area contributed by atoms with Gasteiger partial charge in [0, 0.05) is 92.4 Å². The van der Waals surface area contributed by atoms with Crippen molar-refractivity contribution >= 4 is 108 Å². The molecule has 17 nitrogen and oxygen atoms in total. The van der Waals surface area contributed by atoms with Gasteiger partial charge in [-0.05, 0) is 209 Å². The number of alkyl halides is 4. The number of nitrogens with zero attached hydrogens (tertiary/aromatic N) is 5. The summed E-state index contributed by atoms with van der Waals surface area (Å²) < 4.78 is 137. The molecule has 4 aromatic rings. The second-order valence-electron chi connectivity index (χ2n) is 33.2. The van der Waals surface area contributed by atoms with Gasteiger partial charge in [0.1, 0.15) is 70.4 Å². The first-order valence-corrected chi connectivity index (χ1v) is 40.9. The number of halogens is 8. The monoisotopic (exact) mass is 1600 g/mol. The Morgan fingerprint density at radius 1 is 0.422 bits per heavy atom. The number of nitro benzene ring substituents is 1. The van der Waals surface area contributed by atoms with Gasteiger partial charge < -0.3 is 30.4 Å². The van der Waals surface area contributed by atoms with E-state index in [1.54, 1.807) is 51.1 Å². The Kier molecular flexibility index (Phi) is 27.8. The van der Waals surface area contributed by atoms with Crippen LogP contribution in [0.3, 0.4) is 0 Å². The molecule has 29 heteroatoms. The molecule has 0 aromatic heterocycles.